The van der Waals surface area contributed by atoms with Crippen molar-refractivity contribution in [1.29, 1.82) is 0 Å². The Morgan fingerprint density at radius 1 is 1.29 bits per heavy atom. The van der Waals surface area contributed by atoms with Crippen molar-refractivity contribution in [1.82, 2.24) is 5.32 Å². The minimum Gasteiger partial charge on any atom is -0.497 e. The Bertz CT molecular complexity index is 677. The van der Waals surface area contributed by atoms with Gasteiger partial charge in [0.25, 0.3) is 5.91 Å². The van der Waals surface area contributed by atoms with E-state index in [2.05, 4.69) is 10.6 Å². The first-order valence-electron chi connectivity index (χ1n) is 7.14. The third-order valence-electron chi connectivity index (χ3n) is 3.18. The number of benzene rings is 1. The van der Waals surface area contributed by atoms with Gasteiger partial charge in [-0.3, -0.25) is 9.59 Å². The molecule has 0 fully saturated rings. The molecule has 130 valence electrons. The fourth-order valence-corrected chi connectivity index (χ4v) is 2.57. The quantitative estimate of drug-likeness (QED) is 0.516. The van der Waals surface area contributed by atoms with E-state index in [-0.39, 0.29) is 24.2 Å². The first-order chi connectivity index (χ1) is 11.1. The van der Waals surface area contributed by atoms with Gasteiger partial charge in [0.05, 0.1) is 18.5 Å². The molecule has 0 aliphatic heterocycles. The number of carbonyl (C=O) groups is 2. The number of nitrogens with one attached hydrogen (secondary N) is 2. The molecule has 0 saturated carbocycles. The molecule has 0 radical (unpaired) electrons. The second kappa shape index (κ2) is 9.79. The summed E-state index contributed by atoms with van der Waals surface area (Å²) >= 11 is 1.47. The minimum atomic E-state index is -0.158. The average Bonchev–Trinajstić information content (AvgIpc) is 3.08. The number of halogens is 1. The maximum atomic E-state index is 11.9. The number of methoxy groups -OCH3 is 1. The SMILES string of the molecule is COc1ccc(N)c(NC(=O)CCCNC(=O)c2ccsc2)c1.Cl. The summed E-state index contributed by atoms with van der Waals surface area (Å²) in [6, 6.07) is 6.84. The van der Waals surface area contributed by atoms with Gasteiger partial charge in [0, 0.05) is 30.0 Å². The van der Waals surface area contributed by atoms with Gasteiger partial charge >= 0.3 is 0 Å². The zero-order valence-corrected chi connectivity index (χ0v) is 14.8. The van der Waals surface area contributed by atoms with Gasteiger partial charge in [0.15, 0.2) is 0 Å². The monoisotopic (exact) mass is 369 g/mol. The molecule has 0 spiro atoms. The van der Waals surface area contributed by atoms with E-state index in [0.29, 0.717) is 42.1 Å². The van der Waals surface area contributed by atoms with Crippen LogP contribution in [0.3, 0.4) is 0 Å². The van der Waals surface area contributed by atoms with Gasteiger partial charge in [-0.25, -0.2) is 0 Å². The van der Waals surface area contributed by atoms with Crippen molar-refractivity contribution in [3.63, 3.8) is 0 Å². The van der Waals surface area contributed by atoms with Gasteiger partial charge in [-0.2, -0.15) is 11.3 Å². The Morgan fingerprint density at radius 2 is 2.08 bits per heavy atom. The number of carbonyl (C=O) groups excluding carboxylic acids is 2. The van der Waals surface area contributed by atoms with Crippen LogP contribution in [0.25, 0.3) is 0 Å². The number of rotatable bonds is 7. The molecule has 0 unspecified atom stereocenters. The number of amides is 2. The topological polar surface area (TPSA) is 93.4 Å². The predicted octanol–water partition coefficient (Wildman–Crippen LogP) is 2.91. The standard InChI is InChI=1S/C16H19N3O3S.ClH/c1-22-12-4-5-13(17)14(9-12)19-15(20)3-2-7-18-16(21)11-6-8-23-10-11;/h4-6,8-10H,2-3,7,17H2,1H3,(H,18,21)(H,19,20);1H. The molecule has 2 rings (SSSR count). The molecule has 4 N–H and O–H groups in total. The van der Waals surface area contributed by atoms with Crippen LogP contribution in [0.2, 0.25) is 0 Å². The lowest BCUT2D eigenvalue weighted by Gasteiger charge is -2.10. The maximum Gasteiger partial charge on any atom is 0.252 e. The van der Waals surface area contributed by atoms with Gasteiger partial charge < -0.3 is 21.1 Å². The van der Waals surface area contributed by atoms with Crippen LogP contribution in [0.15, 0.2) is 35.0 Å². The van der Waals surface area contributed by atoms with E-state index < -0.39 is 0 Å². The van der Waals surface area contributed by atoms with Gasteiger partial charge in [0.2, 0.25) is 5.91 Å². The van der Waals surface area contributed by atoms with Crippen LogP contribution in [-0.4, -0.2) is 25.5 Å². The van der Waals surface area contributed by atoms with E-state index in [9.17, 15) is 9.59 Å². The van der Waals surface area contributed by atoms with Crippen molar-refractivity contribution in [2.45, 2.75) is 12.8 Å². The van der Waals surface area contributed by atoms with Crippen LogP contribution in [0.5, 0.6) is 5.75 Å². The normalized spacial score (nSPS) is 9.71. The summed E-state index contributed by atoms with van der Waals surface area (Å²) in [6.07, 6.45) is 0.839. The molecular weight excluding hydrogens is 350 g/mol. The number of thiophene rings is 1. The number of ether oxygens (including phenoxy) is 1. The van der Waals surface area contributed by atoms with Crippen molar-refractivity contribution in [3.8, 4) is 5.75 Å². The molecule has 1 aromatic carbocycles. The summed E-state index contributed by atoms with van der Waals surface area (Å²) in [6.45, 7) is 0.440. The summed E-state index contributed by atoms with van der Waals surface area (Å²) in [4.78, 5) is 23.6. The molecule has 0 aliphatic carbocycles. The molecule has 0 atom stereocenters. The summed E-state index contributed by atoms with van der Waals surface area (Å²) < 4.78 is 5.10. The lowest BCUT2D eigenvalue weighted by molar-refractivity contribution is -0.116. The number of anilines is 2. The minimum absolute atomic E-state index is 0. The van der Waals surface area contributed by atoms with Crippen molar-refractivity contribution >= 4 is 46.9 Å². The molecule has 8 heteroatoms. The number of nitrogen functional groups attached to an aromatic ring is 1. The van der Waals surface area contributed by atoms with E-state index in [4.69, 9.17) is 10.5 Å². The molecule has 6 nitrogen and oxygen atoms in total. The third-order valence-corrected chi connectivity index (χ3v) is 3.87. The third kappa shape index (κ3) is 5.75. The Balaban J connectivity index is 0.00000288. The Hall–Kier alpha value is -2.25. The largest absolute Gasteiger partial charge is 0.497 e. The zero-order valence-electron chi connectivity index (χ0n) is 13.2. The molecular formula is C16H20ClN3O3S. The Kier molecular flexibility index (Phi) is 8.08. The molecule has 1 aromatic heterocycles. The van der Waals surface area contributed by atoms with Crippen LogP contribution < -0.4 is 21.1 Å². The zero-order chi connectivity index (χ0) is 16.7. The van der Waals surface area contributed by atoms with Crippen molar-refractivity contribution in [2.75, 3.05) is 24.7 Å². The first kappa shape index (κ1) is 19.8. The highest BCUT2D eigenvalue weighted by molar-refractivity contribution is 7.08. The average molecular weight is 370 g/mol. The summed E-state index contributed by atoms with van der Waals surface area (Å²) in [5.41, 5.74) is 7.46. The molecule has 0 saturated heterocycles. The molecule has 2 aromatic rings. The Labute approximate surface area is 150 Å². The molecule has 0 aliphatic rings. The van der Waals surface area contributed by atoms with Gasteiger partial charge in [0.1, 0.15) is 5.75 Å². The van der Waals surface area contributed by atoms with E-state index in [1.54, 1.807) is 36.8 Å². The molecule has 2 amide bonds. The fourth-order valence-electron chi connectivity index (χ4n) is 1.93. The fraction of sp³-hybridized carbons (Fsp3) is 0.250. The van der Waals surface area contributed by atoms with Gasteiger partial charge in [-0.1, -0.05) is 0 Å². The van der Waals surface area contributed by atoms with Crippen molar-refractivity contribution < 1.29 is 14.3 Å². The van der Waals surface area contributed by atoms with Crippen LogP contribution in [0, 0.1) is 0 Å². The maximum absolute atomic E-state index is 11.9. The van der Waals surface area contributed by atoms with Gasteiger partial charge in [-0.05, 0) is 30.0 Å². The number of hydrogen-bond acceptors (Lipinski definition) is 5. The van der Waals surface area contributed by atoms with E-state index in [1.165, 1.54) is 11.3 Å². The highest BCUT2D eigenvalue weighted by Gasteiger charge is 2.08. The lowest BCUT2D eigenvalue weighted by Crippen LogP contribution is -2.25. The predicted molar refractivity (Wildman–Crippen MR) is 99.2 cm³/mol. The molecule has 0 bridgehead atoms. The highest BCUT2D eigenvalue weighted by Crippen LogP contribution is 2.24. The number of hydrogen-bond donors (Lipinski definition) is 3. The van der Waals surface area contributed by atoms with Crippen molar-refractivity contribution in [3.05, 3.63) is 40.6 Å². The van der Waals surface area contributed by atoms with E-state index >= 15 is 0 Å². The summed E-state index contributed by atoms with van der Waals surface area (Å²) in [7, 11) is 1.55. The summed E-state index contributed by atoms with van der Waals surface area (Å²) in [5, 5.41) is 9.16. The second-order valence-corrected chi connectivity index (χ2v) is 5.65. The number of nitrogens with two attached hydrogens (primary N) is 1. The molecule has 1 heterocycles. The first-order valence-corrected chi connectivity index (χ1v) is 8.08. The van der Waals surface area contributed by atoms with Crippen LogP contribution in [0.4, 0.5) is 11.4 Å². The van der Waals surface area contributed by atoms with Gasteiger partial charge in [-0.15, -0.1) is 12.4 Å². The lowest BCUT2D eigenvalue weighted by atomic mass is 10.2. The van der Waals surface area contributed by atoms with Crippen LogP contribution in [0.1, 0.15) is 23.2 Å². The van der Waals surface area contributed by atoms with E-state index in [0.717, 1.165) is 0 Å². The highest BCUT2D eigenvalue weighted by atomic mass is 35.5. The summed E-state index contributed by atoms with van der Waals surface area (Å²) in [5.74, 6) is 0.343. The van der Waals surface area contributed by atoms with Crippen LogP contribution >= 0.6 is 23.7 Å². The van der Waals surface area contributed by atoms with Crippen molar-refractivity contribution in [2.24, 2.45) is 0 Å². The second-order valence-electron chi connectivity index (χ2n) is 4.87. The van der Waals surface area contributed by atoms with Crippen LogP contribution in [-0.2, 0) is 4.79 Å². The smallest absolute Gasteiger partial charge is 0.252 e. The molecule has 24 heavy (non-hydrogen) atoms. The van der Waals surface area contributed by atoms with E-state index in [1.807, 2.05) is 5.38 Å². The Morgan fingerprint density at radius 3 is 2.75 bits per heavy atom.